The summed E-state index contributed by atoms with van der Waals surface area (Å²) in [6.45, 7) is 0. The molecule has 0 bridgehead atoms. The van der Waals surface area contributed by atoms with Crippen LogP contribution in [0.3, 0.4) is 0 Å². The first-order valence-corrected chi connectivity index (χ1v) is 8.75. The minimum Gasteiger partial charge on any atom is -0.309 e. The third-order valence-corrected chi connectivity index (χ3v) is 4.83. The van der Waals surface area contributed by atoms with Crippen LogP contribution in [-0.4, -0.2) is 14.5 Å². The van der Waals surface area contributed by atoms with Crippen molar-refractivity contribution in [3.05, 3.63) is 90.5 Å². The topological polar surface area (TPSA) is 30.7 Å². The van der Waals surface area contributed by atoms with Crippen LogP contribution >= 0.6 is 11.6 Å². The molecule has 0 spiro atoms. The van der Waals surface area contributed by atoms with E-state index < -0.39 is 0 Å². The highest BCUT2D eigenvalue weighted by molar-refractivity contribution is 6.28. The second-order valence-electron chi connectivity index (χ2n) is 6.16. The molecular formula is C22H14ClN3. The molecule has 2 aromatic heterocycles. The lowest BCUT2D eigenvalue weighted by molar-refractivity contribution is 1.16. The van der Waals surface area contributed by atoms with Gasteiger partial charge in [-0.15, -0.1) is 0 Å². The van der Waals surface area contributed by atoms with Crippen LogP contribution in [0.4, 0.5) is 0 Å². The molecule has 0 saturated heterocycles. The number of fused-ring (bicyclic) bond motifs is 3. The normalized spacial score (nSPS) is 11.3. The molecule has 5 aromatic rings. The first kappa shape index (κ1) is 15.1. The van der Waals surface area contributed by atoms with Gasteiger partial charge in [0.2, 0.25) is 5.28 Å². The quantitative estimate of drug-likeness (QED) is 0.369. The Morgan fingerprint density at radius 2 is 1.27 bits per heavy atom. The van der Waals surface area contributed by atoms with Crippen LogP contribution in [0, 0.1) is 0 Å². The second-order valence-corrected chi connectivity index (χ2v) is 6.50. The summed E-state index contributed by atoms with van der Waals surface area (Å²) in [6, 6.07) is 25.4. The molecule has 3 nitrogen and oxygen atoms in total. The standard InChI is InChI=1S/C22H14ClN3/c23-22-24-13-16(14-25-22)15-6-5-7-17(12-15)26-20-10-3-1-8-18(20)19-9-2-4-11-21(19)26/h1-14H. The van der Waals surface area contributed by atoms with Crippen molar-refractivity contribution in [1.82, 2.24) is 14.5 Å². The minimum atomic E-state index is 0.257. The van der Waals surface area contributed by atoms with E-state index in [1.165, 1.54) is 21.8 Å². The smallest absolute Gasteiger partial charge is 0.222 e. The number of rotatable bonds is 2. The van der Waals surface area contributed by atoms with E-state index in [4.69, 9.17) is 11.6 Å². The predicted molar refractivity (Wildman–Crippen MR) is 107 cm³/mol. The Kier molecular flexibility index (Phi) is 3.47. The van der Waals surface area contributed by atoms with Gasteiger partial charge >= 0.3 is 0 Å². The molecule has 4 heteroatoms. The summed E-state index contributed by atoms with van der Waals surface area (Å²) < 4.78 is 2.30. The van der Waals surface area contributed by atoms with Crippen LogP contribution in [0.25, 0.3) is 38.6 Å². The molecular weight excluding hydrogens is 342 g/mol. The Bertz CT molecular complexity index is 1190. The summed E-state index contributed by atoms with van der Waals surface area (Å²) >= 11 is 5.82. The molecule has 0 aliphatic heterocycles. The molecule has 26 heavy (non-hydrogen) atoms. The Hall–Kier alpha value is -3.17. The van der Waals surface area contributed by atoms with Crippen LogP contribution in [0.15, 0.2) is 85.2 Å². The van der Waals surface area contributed by atoms with Crippen molar-refractivity contribution in [3.63, 3.8) is 0 Å². The Morgan fingerprint density at radius 3 is 1.92 bits per heavy atom. The summed E-state index contributed by atoms with van der Waals surface area (Å²) in [5.41, 5.74) is 5.49. The van der Waals surface area contributed by atoms with Crippen molar-refractivity contribution in [2.24, 2.45) is 0 Å². The molecule has 0 aliphatic carbocycles. The number of para-hydroxylation sites is 2. The summed E-state index contributed by atoms with van der Waals surface area (Å²) in [6.07, 6.45) is 3.50. The van der Waals surface area contributed by atoms with Gasteiger partial charge in [-0.25, -0.2) is 9.97 Å². The number of hydrogen-bond acceptors (Lipinski definition) is 2. The molecule has 3 aromatic carbocycles. The van der Waals surface area contributed by atoms with E-state index in [2.05, 4.69) is 87.3 Å². The van der Waals surface area contributed by atoms with Gasteiger partial charge in [-0.3, -0.25) is 0 Å². The zero-order valence-corrected chi connectivity index (χ0v) is 14.6. The summed E-state index contributed by atoms with van der Waals surface area (Å²) in [5, 5.41) is 2.76. The third-order valence-electron chi connectivity index (χ3n) is 4.64. The number of halogens is 1. The average Bonchev–Trinajstić information content (AvgIpc) is 3.03. The Balaban J connectivity index is 1.78. The van der Waals surface area contributed by atoms with E-state index in [0.29, 0.717) is 0 Å². The molecule has 0 radical (unpaired) electrons. The SMILES string of the molecule is Clc1ncc(-c2cccc(-n3c4ccccc4c4ccccc43)c2)cn1. The van der Waals surface area contributed by atoms with Crippen LogP contribution in [0.5, 0.6) is 0 Å². The maximum Gasteiger partial charge on any atom is 0.222 e. The van der Waals surface area contributed by atoms with Crippen molar-refractivity contribution >= 4 is 33.4 Å². The minimum absolute atomic E-state index is 0.257. The average molecular weight is 356 g/mol. The fourth-order valence-corrected chi connectivity index (χ4v) is 3.58. The van der Waals surface area contributed by atoms with Crippen molar-refractivity contribution in [3.8, 4) is 16.8 Å². The molecule has 0 saturated carbocycles. The zero-order chi connectivity index (χ0) is 17.5. The highest BCUT2D eigenvalue weighted by Crippen LogP contribution is 2.32. The van der Waals surface area contributed by atoms with Gasteiger partial charge in [-0.1, -0.05) is 48.5 Å². The maximum absolute atomic E-state index is 5.82. The number of benzene rings is 3. The van der Waals surface area contributed by atoms with Crippen molar-refractivity contribution in [1.29, 1.82) is 0 Å². The lowest BCUT2D eigenvalue weighted by Gasteiger charge is -2.10. The molecule has 0 atom stereocenters. The van der Waals surface area contributed by atoms with Gasteiger partial charge in [0.05, 0.1) is 11.0 Å². The molecule has 124 valence electrons. The summed E-state index contributed by atoms with van der Waals surface area (Å²) in [4.78, 5) is 8.19. The second kappa shape index (κ2) is 5.97. The number of aromatic nitrogens is 3. The lowest BCUT2D eigenvalue weighted by atomic mass is 10.1. The lowest BCUT2D eigenvalue weighted by Crippen LogP contribution is -1.94. The van der Waals surface area contributed by atoms with Gasteiger partial charge in [0.25, 0.3) is 0 Å². The van der Waals surface area contributed by atoms with E-state index in [-0.39, 0.29) is 5.28 Å². The Labute approximate surface area is 155 Å². The van der Waals surface area contributed by atoms with Gasteiger partial charge in [-0.05, 0) is 41.4 Å². The third kappa shape index (κ3) is 2.37. The highest BCUT2D eigenvalue weighted by atomic mass is 35.5. The number of nitrogens with zero attached hydrogens (tertiary/aromatic N) is 3. The van der Waals surface area contributed by atoms with Crippen LogP contribution < -0.4 is 0 Å². The van der Waals surface area contributed by atoms with E-state index in [9.17, 15) is 0 Å². The van der Waals surface area contributed by atoms with Crippen LogP contribution in [-0.2, 0) is 0 Å². The molecule has 2 heterocycles. The maximum atomic E-state index is 5.82. The molecule has 0 unspecified atom stereocenters. The van der Waals surface area contributed by atoms with Gasteiger partial charge in [0.15, 0.2) is 0 Å². The molecule has 0 N–H and O–H groups in total. The fraction of sp³-hybridized carbons (Fsp3) is 0. The van der Waals surface area contributed by atoms with Crippen LogP contribution in [0.2, 0.25) is 5.28 Å². The van der Waals surface area contributed by atoms with Gasteiger partial charge in [-0.2, -0.15) is 0 Å². The highest BCUT2D eigenvalue weighted by Gasteiger charge is 2.11. The molecule has 5 rings (SSSR count). The van der Waals surface area contributed by atoms with Gasteiger partial charge < -0.3 is 4.57 Å². The first-order valence-electron chi connectivity index (χ1n) is 8.38. The zero-order valence-electron chi connectivity index (χ0n) is 13.8. The van der Waals surface area contributed by atoms with Gasteiger partial charge in [0.1, 0.15) is 0 Å². The van der Waals surface area contributed by atoms with E-state index in [0.717, 1.165) is 16.8 Å². The van der Waals surface area contributed by atoms with Crippen molar-refractivity contribution in [2.45, 2.75) is 0 Å². The molecule has 0 amide bonds. The van der Waals surface area contributed by atoms with Crippen molar-refractivity contribution < 1.29 is 0 Å². The van der Waals surface area contributed by atoms with E-state index in [1.54, 1.807) is 12.4 Å². The first-order chi connectivity index (χ1) is 12.8. The van der Waals surface area contributed by atoms with Crippen molar-refractivity contribution in [2.75, 3.05) is 0 Å². The summed E-state index contributed by atoms with van der Waals surface area (Å²) in [7, 11) is 0. The van der Waals surface area contributed by atoms with Crippen LogP contribution in [0.1, 0.15) is 0 Å². The molecule has 0 aliphatic rings. The molecule has 0 fully saturated rings. The monoisotopic (exact) mass is 355 g/mol. The van der Waals surface area contributed by atoms with E-state index >= 15 is 0 Å². The van der Waals surface area contributed by atoms with E-state index in [1.807, 2.05) is 0 Å². The fourth-order valence-electron chi connectivity index (χ4n) is 3.49. The largest absolute Gasteiger partial charge is 0.309 e. The summed E-state index contributed by atoms with van der Waals surface area (Å²) in [5.74, 6) is 0. The van der Waals surface area contributed by atoms with Gasteiger partial charge in [0, 0.05) is 34.4 Å². The predicted octanol–water partition coefficient (Wildman–Crippen LogP) is 5.89. The number of hydrogen-bond donors (Lipinski definition) is 0. The Morgan fingerprint density at radius 1 is 0.654 bits per heavy atom.